The Morgan fingerprint density at radius 2 is 1.55 bits per heavy atom. The van der Waals surface area contributed by atoms with Crippen molar-refractivity contribution >= 4 is 0 Å². The monoisotopic (exact) mass is 279 g/mol. The molecule has 0 aliphatic heterocycles. The molecule has 0 saturated heterocycles. The van der Waals surface area contributed by atoms with E-state index in [1.165, 1.54) is 0 Å². The van der Waals surface area contributed by atoms with E-state index in [9.17, 15) is 13.2 Å². The zero-order valence-corrected chi connectivity index (χ0v) is 11.2. The minimum absolute atomic E-state index is 0.0666. The third-order valence-electron chi connectivity index (χ3n) is 3.03. The molecule has 0 heterocycles. The second kappa shape index (κ2) is 6.57. The first-order chi connectivity index (χ1) is 9.61. The number of halogens is 3. The first-order valence-corrected chi connectivity index (χ1v) is 6.56. The van der Waals surface area contributed by atoms with Gasteiger partial charge in [0.25, 0.3) is 0 Å². The van der Waals surface area contributed by atoms with E-state index in [0.717, 1.165) is 31.1 Å². The molecular formula is C16H16F3N. The van der Waals surface area contributed by atoms with Crippen LogP contribution < -0.4 is 5.32 Å². The number of hydrogen-bond acceptors (Lipinski definition) is 1. The molecule has 2 aromatic rings. The molecule has 0 amide bonds. The quantitative estimate of drug-likeness (QED) is 0.636. The van der Waals surface area contributed by atoms with Gasteiger partial charge in [-0.25, -0.2) is 13.2 Å². The van der Waals surface area contributed by atoms with Crippen molar-refractivity contribution in [1.82, 2.24) is 5.32 Å². The summed E-state index contributed by atoms with van der Waals surface area (Å²) >= 11 is 0. The summed E-state index contributed by atoms with van der Waals surface area (Å²) in [5, 5.41) is 3.25. The molecule has 0 unspecified atom stereocenters. The lowest BCUT2D eigenvalue weighted by molar-refractivity contribution is 0.496. The molecule has 106 valence electrons. The average Bonchev–Trinajstić information content (AvgIpc) is 2.44. The summed E-state index contributed by atoms with van der Waals surface area (Å²) in [7, 11) is 0. The van der Waals surface area contributed by atoms with Crippen LogP contribution in [-0.2, 0) is 6.54 Å². The molecule has 0 fully saturated rings. The van der Waals surface area contributed by atoms with Gasteiger partial charge in [-0.05, 0) is 30.2 Å². The predicted octanol–water partition coefficient (Wildman–Crippen LogP) is 4.27. The topological polar surface area (TPSA) is 12.0 Å². The van der Waals surface area contributed by atoms with Crippen LogP contribution in [0.15, 0.2) is 36.4 Å². The van der Waals surface area contributed by atoms with Gasteiger partial charge in [-0.1, -0.05) is 31.2 Å². The van der Waals surface area contributed by atoms with Gasteiger partial charge >= 0.3 is 0 Å². The third kappa shape index (κ3) is 3.39. The summed E-state index contributed by atoms with van der Waals surface area (Å²) in [5.74, 6) is -2.98. The maximum atomic E-state index is 13.6. The van der Waals surface area contributed by atoms with Crippen LogP contribution in [0.4, 0.5) is 13.2 Å². The highest BCUT2D eigenvalue weighted by Gasteiger charge is 2.11. The molecule has 0 radical (unpaired) electrons. The maximum absolute atomic E-state index is 13.6. The molecule has 2 aromatic carbocycles. The predicted molar refractivity (Wildman–Crippen MR) is 73.7 cm³/mol. The van der Waals surface area contributed by atoms with Gasteiger partial charge in [-0.2, -0.15) is 0 Å². The summed E-state index contributed by atoms with van der Waals surface area (Å²) in [6.07, 6.45) is 1.05. The molecular weight excluding hydrogens is 263 g/mol. The standard InChI is InChI=1S/C16H16F3N/c1-2-7-20-10-11-3-5-12(6-4-11)13-8-15(18)16(19)9-14(13)17/h3-6,8-9,20H,2,7,10H2,1H3. The minimum Gasteiger partial charge on any atom is -0.313 e. The van der Waals surface area contributed by atoms with Crippen molar-refractivity contribution in [3.8, 4) is 11.1 Å². The highest BCUT2D eigenvalue weighted by atomic mass is 19.2. The third-order valence-corrected chi connectivity index (χ3v) is 3.03. The van der Waals surface area contributed by atoms with Crippen LogP contribution >= 0.6 is 0 Å². The normalized spacial score (nSPS) is 10.8. The maximum Gasteiger partial charge on any atom is 0.161 e. The molecule has 4 heteroatoms. The number of rotatable bonds is 5. The van der Waals surface area contributed by atoms with Gasteiger partial charge in [0.1, 0.15) is 5.82 Å². The van der Waals surface area contributed by atoms with Gasteiger partial charge in [-0.15, -0.1) is 0 Å². The molecule has 20 heavy (non-hydrogen) atoms. The van der Waals surface area contributed by atoms with E-state index in [4.69, 9.17) is 0 Å². The van der Waals surface area contributed by atoms with Crippen LogP contribution in [0.2, 0.25) is 0 Å². The van der Waals surface area contributed by atoms with E-state index < -0.39 is 17.5 Å². The van der Waals surface area contributed by atoms with Gasteiger partial charge in [0.15, 0.2) is 11.6 Å². The van der Waals surface area contributed by atoms with Gasteiger partial charge in [0.05, 0.1) is 0 Å². The summed E-state index contributed by atoms with van der Waals surface area (Å²) in [6.45, 7) is 3.75. The van der Waals surface area contributed by atoms with Crippen LogP contribution in [-0.4, -0.2) is 6.54 Å². The van der Waals surface area contributed by atoms with Crippen LogP contribution in [0.3, 0.4) is 0 Å². The number of nitrogens with one attached hydrogen (secondary N) is 1. The fourth-order valence-electron chi connectivity index (χ4n) is 1.96. The van der Waals surface area contributed by atoms with E-state index >= 15 is 0 Å². The molecule has 0 aliphatic rings. The number of benzene rings is 2. The van der Waals surface area contributed by atoms with E-state index in [2.05, 4.69) is 12.2 Å². The fraction of sp³-hybridized carbons (Fsp3) is 0.250. The Balaban J connectivity index is 2.19. The molecule has 2 rings (SSSR count). The molecule has 0 spiro atoms. The zero-order chi connectivity index (χ0) is 14.5. The Kier molecular flexibility index (Phi) is 4.79. The lowest BCUT2D eigenvalue weighted by atomic mass is 10.0. The Bertz CT molecular complexity index is 579. The van der Waals surface area contributed by atoms with Gasteiger partial charge in [0, 0.05) is 18.2 Å². The van der Waals surface area contributed by atoms with Crippen LogP contribution in [0, 0.1) is 17.5 Å². The van der Waals surface area contributed by atoms with Crippen molar-refractivity contribution in [3.05, 3.63) is 59.4 Å². The van der Waals surface area contributed by atoms with Crippen molar-refractivity contribution in [2.45, 2.75) is 19.9 Å². The van der Waals surface area contributed by atoms with Gasteiger partial charge < -0.3 is 5.32 Å². The molecule has 0 aromatic heterocycles. The first-order valence-electron chi connectivity index (χ1n) is 6.56. The summed E-state index contributed by atoms with van der Waals surface area (Å²) in [6, 6.07) is 8.56. The van der Waals surface area contributed by atoms with Crippen molar-refractivity contribution in [2.75, 3.05) is 6.54 Å². The van der Waals surface area contributed by atoms with Crippen molar-refractivity contribution in [2.24, 2.45) is 0 Å². The van der Waals surface area contributed by atoms with Crippen molar-refractivity contribution in [3.63, 3.8) is 0 Å². The van der Waals surface area contributed by atoms with Crippen LogP contribution in [0.1, 0.15) is 18.9 Å². The van der Waals surface area contributed by atoms with Crippen molar-refractivity contribution < 1.29 is 13.2 Å². The Labute approximate surface area is 116 Å². The van der Waals surface area contributed by atoms with E-state index in [1.807, 2.05) is 12.1 Å². The highest BCUT2D eigenvalue weighted by molar-refractivity contribution is 5.64. The molecule has 0 aliphatic carbocycles. The lowest BCUT2D eigenvalue weighted by Gasteiger charge is -2.07. The lowest BCUT2D eigenvalue weighted by Crippen LogP contribution is -2.13. The van der Waals surface area contributed by atoms with Crippen molar-refractivity contribution in [1.29, 1.82) is 0 Å². The van der Waals surface area contributed by atoms with Crippen LogP contribution in [0.5, 0.6) is 0 Å². The van der Waals surface area contributed by atoms with E-state index in [-0.39, 0.29) is 5.56 Å². The Morgan fingerprint density at radius 3 is 2.20 bits per heavy atom. The second-order valence-corrected chi connectivity index (χ2v) is 4.62. The number of hydrogen-bond donors (Lipinski definition) is 1. The molecule has 0 saturated carbocycles. The van der Waals surface area contributed by atoms with E-state index in [1.54, 1.807) is 12.1 Å². The molecule has 1 nitrogen and oxygen atoms in total. The highest BCUT2D eigenvalue weighted by Crippen LogP contribution is 2.25. The SMILES string of the molecule is CCCNCc1ccc(-c2cc(F)c(F)cc2F)cc1. The minimum atomic E-state index is -1.17. The fourth-order valence-corrected chi connectivity index (χ4v) is 1.96. The summed E-state index contributed by atoms with van der Waals surface area (Å²) < 4.78 is 39.7. The largest absolute Gasteiger partial charge is 0.313 e. The van der Waals surface area contributed by atoms with Crippen LogP contribution in [0.25, 0.3) is 11.1 Å². The van der Waals surface area contributed by atoms with E-state index in [0.29, 0.717) is 11.6 Å². The molecule has 0 bridgehead atoms. The Hall–Kier alpha value is -1.81. The second-order valence-electron chi connectivity index (χ2n) is 4.62. The summed E-state index contributed by atoms with van der Waals surface area (Å²) in [5.41, 5.74) is 1.66. The molecule has 0 atom stereocenters. The van der Waals surface area contributed by atoms with Gasteiger partial charge in [0.2, 0.25) is 0 Å². The molecule has 1 N–H and O–H groups in total. The summed E-state index contributed by atoms with van der Waals surface area (Å²) in [4.78, 5) is 0. The zero-order valence-electron chi connectivity index (χ0n) is 11.2. The van der Waals surface area contributed by atoms with Gasteiger partial charge in [-0.3, -0.25) is 0 Å². The Morgan fingerprint density at radius 1 is 0.900 bits per heavy atom. The smallest absolute Gasteiger partial charge is 0.161 e. The average molecular weight is 279 g/mol. The first kappa shape index (κ1) is 14.6.